The number of carboxylic acids is 1. The summed E-state index contributed by atoms with van der Waals surface area (Å²) in [6.45, 7) is 5.19. The van der Waals surface area contributed by atoms with E-state index in [0.29, 0.717) is 5.25 Å². The van der Waals surface area contributed by atoms with Crippen molar-refractivity contribution in [3.05, 3.63) is 0 Å². The molecule has 0 aromatic heterocycles. The fourth-order valence-electron chi connectivity index (χ4n) is 2.13. The molecule has 2 atom stereocenters. The largest absolute Gasteiger partial charge is 0.480 e. The molecule has 1 saturated carbocycles. The minimum atomic E-state index is -1.19. The van der Waals surface area contributed by atoms with Crippen molar-refractivity contribution in [1.82, 2.24) is 10.2 Å². The van der Waals surface area contributed by atoms with E-state index in [1.54, 1.807) is 0 Å². The molecule has 110 valence electrons. The van der Waals surface area contributed by atoms with Gasteiger partial charge in [-0.2, -0.15) is 11.8 Å². The Balaban J connectivity index is 2.50. The van der Waals surface area contributed by atoms with Crippen molar-refractivity contribution in [3.63, 3.8) is 0 Å². The van der Waals surface area contributed by atoms with Crippen molar-refractivity contribution in [2.45, 2.75) is 56.9 Å². The van der Waals surface area contributed by atoms with Crippen LogP contribution in [0.25, 0.3) is 0 Å². The van der Waals surface area contributed by atoms with Gasteiger partial charge in [-0.1, -0.05) is 6.92 Å². The van der Waals surface area contributed by atoms with E-state index < -0.39 is 11.5 Å². The van der Waals surface area contributed by atoms with Crippen LogP contribution in [-0.4, -0.2) is 51.6 Å². The smallest absolute Gasteiger partial charge is 0.329 e. The zero-order valence-corrected chi connectivity index (χ0v) is 12.9. The first-order chi connectivity index (χ1) is 8.78. The second-order valence-corrected chi connectivity index (χ2v) is 7.04. The van der Waals surface area contributed by atoms with Gasteiger partial charge in [-0.3, -0.25) is 0 Å². The number of carbonyl (C=O) groups excluding carboxylic acids is 1. The Kier molecular flexibility index (Phi) is 5.52. The number of hydrogen-bond donors (Lipinski definition) is 2. The van der Waals surface area contributed by atoms with Crippen molar-refractivity contribution in [2.75, 3.05) is 12.8 Å². The topological polar surface area (TPSA) is 69.6 Å². The molecule has 0 radical (unpaired) electrons. The van der Waals surface area contributed by atoms with Crippen LogP contribution in [0.3, 0.4) is 0 Å². The van der Waals surface area contributed by atoms with Crippen molar-refractivity contribution in [1.29, 1.82) is 0 Å². The molecule has 2 unspecified atom stereocenters. The predicted molar refractivity (Wildman–Crippen MR) is 77.6 cm³/mol. The molecule has 1 aliphatic rings. The zero-order chi connectivity index (χ0) is 14.6. The third kappa shape index (κ3) is 4.03. The Morgan fingerprint density at radius 3 is 2.58 bits per heavy atom. The lowest BCUT2D eigenvalue weighted by atomic mass is 10.0. The van der Waals surface area contributed by atoms with Gasteiger partial charge in [0.05, 0.1) is 0 Å². The number of likely N-dealkylation sites (N-methyl/N-ethyl adjacent to an activating group) is 1. The monoisotopic (exact) mass is 288 g/mol. The van der Waals surface area contributed by atoms with E-state index in [2.05, 4.69) is 12.2 Å². The van der Waals surface area contributed by atoms with Crippen LogP contribution in [-0.2, 0) is 4.79 Å². The van der Waals surface area contributed by atoms with Crippen LogP contribution in [0, 0.1) is 0 Å². The van der Waals surface area contributed by atoms with E-state index in [0.717, 1.165) is 25.0 Å². The number of nitrogens with one attached hydrogen (secondary N) is 1. The lowest BCUT2D eigenvalue weighted by Crippen LogP contribution is -2.55. The average Bonchev–Trinajstić information content (AvgIpc) is 2.75. The highest BCUT2D eigenvalue weighted by Gasteiger charge is 2.36. The third-order valence-corrected chi connectivity index (χ3v) is 5.01. The first kappa shape index (κ1) is 16.1. The summed E-state index contributed by atoms with van der Waals surface area (Å²) >= 11 is 1.93. The molecule has 1 rings (SSSR count). The highest BCUT2D eigenvalue weighted by atomic mass is 32.2. The fourth-order valence-corrected chi connectivity index (χ4v) is 3.27. The third-order valence-electron chi connectivity index (χ3n) is 3.78. The molecule has 0 bridgehead atoms. The minimum absolute atomic E-state index is 0.170. The summed E-state index contributed by atoms with van der Waals surface area (Å²) in [5, 5.41) is 12.7. The van der Waals surface area contributed by atoms with Gasteiger partial charge in [0, 0.05) is 18.3 Å². The van der Waals surface area contributed by atoms with Crippen LogP contribution in [0.2, 0.25) is 0 Å². The maximum atomic E-state index is 12.1. The molecular weight excluding hydrogens is 264 g/mol. The molecule has 0 spiro atoms. The van der Waals surface area contributed by atoms with Gasteiger partial charge in [0.25, 0.3) is 0 Å². The van der Waals surface area contributed by atoms with E-state index in [1.165, 1.54) is 25.8 Å². The summed E-state index contributed by atoms with van der Waals surface area (Å²) in [5.41, 5.74) is -1.19. The summed E-state index contributed by atoms with van der Waals surface area (Å²) in [6.07, 6.45) is 3.08. The Morgan fingerprint density at radius 1 is 1.42 bits per heavy atom. The number of nitrogens with zero attached hydrogens (tertiary/aromatic N) is 1. The number of thioether (sulfide) groups is 1. The van der Waals surface area contributed by atoms with Crippen molar-refractivity contribution < 1.29 is 14.7 Å². The number of carboxylic acid groups (broad SMARTS) is 1. The summed E-state index contributed by atoms with van der Waals surface area (Å²) in [4.78, 5) is 24.4. The maximum Gasteiger partial charge on any atom is 0.329 e. The number of urea groups is 1. The molecule has 0 aromatic carbocycles. The normalized spacial score (nSPS) is 23.2. The van der Waals surface area contributed by atoms with E-state index in [4.69, 9.17) is 5.11 Å². The zero-order valence-electron chi connectivity index (χ0n) is 12.1. The Bertz CT molecular complexity index is 347. The van der Waals surface area contributed by atoms with Gasteiger partial charge in [-0.15, -0.1) is 0 Å². The van der Waals surface area contributed by atoms with Crippen LogP contribution in [0.15, 0.2) is 0 Å². The molecule has 19 heavy (non-hydrogen) atoms. The standard InChI is InChI=1S/C13H24N2O3S/c1-5-19-10-7-6-9(8-10)14-12(18)15(4)13(2,3)11(16)17/h9-10H,5-8H2,1-4H3,(H,14,18)(H,16,17). The van der Waals surface area contributed by atoms with Crippen molar-refractivity contribution in [2.24, 2.45) is 0 Å². The summed E-state index contributed by atoms with van der Waals surface area (Å²) in [6, 6.07) is -0.136. The van der Waals surface area contributed by atoms with Crippen LogP contribution < -0.4 is 5.32 Å². The average molecular weight is 288 g/mol. The number of carbonyl (C=O) groups is 2. The molecule has 5 nitrogen and oxygen atoms in total. The number of amides is 2. The van der Waals surface area contributed by atoms with Gasteiger partial charge in [0.15, 0.2) is 0 Å². The highest BCUT2D eigenvalue weighted by Crippen LogP contribution is 2.29. The summed E-state index contributed by atoms with van der Waals surface area (Å²) < 4.78 is 0. The van der Waals surface area contributed by atoms with Crippen LogP contribution >= 0.6 is 11.8 Å². The minimum Gasteiger partial charge on any atom is -0.480 e. The molecule has 2 N–H and O–H groups in total. The highest BCUT2D eigenvalue weighted by molar-refractivity contribution is 7.99. The van der Waals surface area contributed by atoms with Gasteiger partial charge in [0.2, 0.25) is 0 Å². The molecule has 0 heterocycles. The number of aliphatic carboxylic acids is 1. The predicted octanol–water partition coefficient (Wildman–Crippen LogP) is 2.17. The van der Waals surface area contributed by atoms with Crippen molar-refractivity contribution >= 4 is 23.8 Å². The molecule has 1 aliphatic carbocycles. The molecule has 0 saturated heterocycles. The molecule has 6 heteroatoms. The molecular formula is C13H24N2O3S. The second-order valence-electron chi connectivity index (χ2n) is 5.46. The molecule has 1 fully saturated rings. The second kappa shape index (κ2) is 6.50. The Morgan fingerprint density at radius 2 is 2.05 bits per heavy atom. The first-order valence-corrected chi connectivity index (χ1v) is 7.73. The van der Waals surface area contributed by atoms with Crippen molar-refractivity contribution in [3.8, 4) is 0 Å². The van der Waals surface area contributed by atoms with Gasteiger partial charge in [-0.25, -0.2) is 9.59 Å². The quantitative estimate of drug-likeness (QED) is 0.813. The van der Waals surface area contributed by atoms with Crippen LogP contribution in [0.4, 0.5) is 4.79 Å². The van der Waals surface area contributed by atoms with E-state index in [9.17, 15) is 9.59 Å². The first-order valence-electron chi connectivity index (χ1n) is 6.68. The number of hydrogen-bond acceptors (Lipinski definition) is 3. The number of rotatable bonds is 5. The SMILES string of the molecule is CCSC1CCC(NC(=O)N(C)C(C)(C)C(=O)O)C1. The summed E-state index contributed by atoms with van der Waals surface area (Å²) in [7, 11) is 1.52. The lowest BCUT2D eigenvalue weighted by molar-refractivity contribution is -0.146. The van der Waals surface area contributed by atoms with Gasteiger partial charge in [-0.05, 0) is 38.9 Å². The molecule has 2 amide bonds. The van der Waals surface area contributed by atoms with E-state index >= 15 is 0 Å². The van der Waals surface area contributed by atoms with Gasteiger partial charge >= 0.3 is 12.0 Å². The molecule has 0 aromatic rings. The van der Waals surface area contributed by atoms with E-state index in [1.807, 2.05) is 11.8 Å². The van der Waals surface area contributed by atoms with Crippen LogP contribution in [0.1, 0.15) is 40.0 Å². The fraction of sp³-hybridized carbons (Fsp3) is 0.846. The van der Waals surface area contributed by atoms with Gasteiger partial charge < -0.3 is 15.3 Å². The lowest BCUT2D eigenvalue weighted by Gasteiger charge is -2.32. The summed E-state index contributed by atoms with van der Waals surface area (Å²) in [5.74, 6) is 0.0908. The Labute approximate surface area is 119 Å². The molecule has 0 aliphatic heterocycles. The Hall–Kier alpha value is -0.910. The maximum absolute atomic E-state index is 12.1. The van der Waals surface area contributed by atoms with E-state index in [-0.39, 0.29) is 12.1 Å². The van der Waals surface area contributed by atoms with Crippen LogP contribution in [0.5, 0.6) is 0 Å². The van der Waals surface area contributed by atoms with Gasteiger partial charge in [0.1, 0.15) is 5.54 Å².